The molecule has 17 heavy (non-hydrogen) atoms. The van der Waals surface area contributed by atoms with Crippen LogP contribution in [0.4, 0.5) is 5.69 Å². The molecule has 0 saturated heterocycles. The second kappa shape index (κ2) is 7.96. The fourth-order valence-corrected chi connectivity index (χ4v) is 1.51. The Hall–Kier alpha value is -1.22. The number of carbonyl (C=O) groups is 1. The predicted octanol–water partition coefficient (Wildman–Crippen LogP) is 3.06. The van der Waals surface area contributed by atoms with Gasteiger partial charge < -0.3 is 10.6 Å². The Balaban J connectivity index is 2.14. The largest absolute Gasteiger partial charge is 0.385 e. The van der Waals surface area contributed by atoms with E-state index in [1.54, 1.807) is 0 Å². The minimum Gasteiger partial charge on any atom is -0.385 e. The van der Waals surface area contributed by atoms with Crippen molar-refractivity contribution < 1.29 is 4.79 Å². The summed E-state index contributed by atoms with van der Waals surface area (Å²) in [7, 11) is 0. The minimum absolute atomic E-state index is 0.0971. The van der Waals surface area contributed by atoms with E-state index in [1.165, 1.54) is 0 Å². The van der Waals surface area contributed by atoms with Crippen molar-refractivity contribution in [2.75, 3.05) is 18.4 Å². The third-order valence-corrected chi connectivity index (χ3v) is 2.63. The summed E-state index contributed by atoms with van der Waals surface area (Å²) in [6.45, 7) is 3.52. The zero-order valence-electron chi connectivity index (χ0n) is 10.1. The molecular weight excluding hydrogens is 236 g/mol. The number of benzene rings is 1. The maximum Gasteiger partial charge on any atom is 0.221 e. The van der Waals surface area contributed by atoms with Gasteiger partial charge in [-0.15, -0.1) is 0 Å². The number of anilines is 1. The zero-order chi connectivity index (χ0) is 12.5. The third kappa shape index (κ3) is 6.17. The summed E-state index contributed by atoms with van der Waals surface area (Å²) >= 11 is 5.78. The summed E-state index contributed by atoms with van der Waals surface area (Å²) in [5.41, 5.74) is 0.982. The van der Waals surface area contributed by atoms with Gasteiger partial charge in [0.05, 0.1) is 0 Å². The summed E-state index contributed by atoms with van der Waals surface area (Å²) in [6.07, 6.45) is 2.63. The number of halogens is 1. The van der Waals surface area contributed by atoms with Gasteiger partial charge in [0.15, 0.2) is 0 Å². The lowest BCUT2D eigenvalue weighted by Gasteiger charge is -2.07. The Morgan fingerprint density at radius 1 is 1.24 bits per heavy atom. The minimum atomic E-state index is 0.0971. The molecule has 4 heteroatoms. The molecule has 1 rings (SSSR count). The van der Waals surface area contributed by atoms with Crippen molar-refractivity contribution >= 4 is 23.2 Å². The maximum absolute atomic E-state index is 11.4. The highest BCUT2D eigenvalue weighted by molar-refractivity contribution is 6.30. The van der Waals surface area contributed by atoms with E-state index in [0.29, 0.717) is 18.0 Å². The Morgan fingerprint density at radius 3 is 2.59 bits per heavy atom. The fourth-order valence-electron chi connectivity index (χ4n) is 1.38. The molecule has 0 fully saturated rings. The van der Waals surface area contributed by atoms with Gasteiger partial charge in [-0.1, -0.05) is 24.9 Å². The molecule has 1 amide bonds. The van der Waals surface area contributed by atoms with Gasteiger partial charge in [-0.3, -0.25) is 4.79 Å². The van der Waals surface area contributed by atoms with E-state index in [-0.39, 0.29) is 5.91 Å². The lowest BCUT2D eigenvalue weighted by molar-refractivity contribution is -0.120. The van der Waals surface area contributed by atoms with Crippen molar-refractivity contribution in [1.82, 2.24) is 5.32 Å². The molecule has 94 valence electrons. The number of hydrogen-bond donors (Lipinski definition) is 2. The number of unbranched alkanes of at least 4 members (excludes halogenated alkanes) is 1. The van der Waals surface area contributed by atoms with Crippen LogP contribution in [-0.4, -0.2) is 19.0 Å². The molecule has 0 aliphatic rings. The Kier molecular flexibility index (Phi) is 6.48. The highest BCUT2D eigenvalue weighted by Gasteiger charge is 1.99. The number of amides is 1. The van der Waals surface area contributed by atoms with Gasteiger partial charge in [0.25, 0.3) is 0 Å². The van der Waals surface area contributed by atoms with Crippen LogP contribution in [0.15, 0.2) is 24.3 Å². The Morgan fingerprint density at radius 2 is 1.94 bits per heavy atom. The van der Waals surface area contributed by atoms with Crippen molar-refractivity contribution in [3.63, 3.8) is 0 Å². The number of nitrogens with one attached hydrogen (secondary N) is 2. The third-order valence-electron chi connectivity index (χ3n) is 2.38. The van der Waals surface area contributed by atoms with Crippen molar-refractivity contribution in [1.29, 1.82) is 0 Å². The molecule has 0 atom stereocenters. The summed E-state index contributed by atoms with van der Waals surface area (Å²) in [5.74, 6) is 0.0971. The average molecular weight is 255 g/mol. The molecule has 0 bridgehead atoms. The number of rotatable bonds is 7. The van der Waals surface area contributed by atoms with Crippen molar-refractivity contribution in [2.45, 2.75) is 26.2 Å². The van der Waals surface area contributed by atoms with Gasteiger partial charge in [-0.2, -0.15) is 0 Å². The molecule has 0 radical (unpaired) electrons. The van der Waals surface area contributed by atoms with E-state index in [0.717, 1.165) is 25.1 Å². The van der Waals surface area contributed by atoms with E-state index in [4.69, 9.17) is 11.6 Å². The molecule has 0 spiro atoms. The summed E-state index contributed by atoms with van der Waals surface area (Å²) in [5, 5.41) is 6.77. The standard InChI is InChI=1S/C13H19ClN2O/c1-2-3-9-16-13(17)8-10-15-12-6-4-11(14)5-7-12/h4-7,15H,2-3,8-10H2,1H3,(H,16,17). The molecule has 1 aromatic carbocycles. The van der Waals surface area contributed by atoms with Crippen LogP contribution in [0.1, 0.15) is 26.2 Å². The van der Waals surface area contributed by atoms with Crippen LogP contribution in [0.2, 0.25) is 5.02 Å². The number of carbonyl (C=O) groups excluding carboxylic acids is 1. The first-order valence-corrected chi connectivity index (χ1v) is 6.36. The molecule has 3 nitrogen and oxygen atoms in total. The monoisotopic (exact) mass is 254 g/mol. The van der Waals surface area contributed by atoms with Gasteiger partial charge in [-0.25, -0.2) is 0 Å². The zero-order valence-corrected chi connectivity index (χ0v) is 10.9. The van der Waals surface area contributed by atoms with Gasteiger partial charge in [0.1, 0.15) is 0 Å². The second-order valence-electron chi connectivity index (χ2n) is 3.89. The highest BCUT2D eigenvalue weighted by atomic mass is 35.5. The maximum atomic E-state index is 11.4. The topological polar surface area (TPSA) is 41.1 Å². The van der Waals surface area contributed by atoms with Gasteiger partial charge in [-0.05, 0) is 30.7 Å². The molecule has 0 aliphatic heterocycles. The normalized spacial score (nSPS) is 10.0. The van der Waals surface area contributed by atoms with Crippen LogP contribution in [-0.2, 0) is 4.79 Å². The SMILES string of the molecule is CCCCNC(=O)CCNc1ccc(Cl)cc1. The van der Waals surface area contributed by atoms with Crippen molar-refractivity contribution in [2.24, 2.45) is 0 Å². The van der Waals surface area contributed by atoms with Crippen molar-refractivity contribution in [3.05, 3.63) is 29.3 Å². The molecule has 0 aromatic heterocycles. The molecule has 0 saturated carbocycles. The summed E-state index contributed by atoms with van der Waals surface area (Å²) in [4.78, 5) is 11.4. The second-order valence-corrected chi connectivity index (χ2v) is 4.32. The lowest BCUT2D eigenvalue weighted by atomic mass is 10.3. The molecular formula is C13H19ClN2O. The molecule has 2 N–H and O–H groups in total. The molecule has 0 heterocycles. The quantitative estimate of drug-likeness (QED) is 0.735. The van der Waals surface area contributed by atoms with Crippen LogP contribution in [0, 0.1) is 0 Å². The molecule has 0 aliphatic carbocycles. The molecule has 1 aromatic rings. The van der Waals surface area contributed by atoms with E-state index in [1.807, 2.05) is 24.3 Å². The fraction of sp³-hybridized carbons (Fsp3) is 0.462. The first-order chi connectivity index (χ1) is 8.22. The van der Waals surface area contributed by atoms with Crippen LogP contribution in [0.3, 0.4) is 0 Å². The molecule has 0 unspecified atom stereocenters. The van der Waals surface area contributed by atoms with E-state index in [9.17, 15) is 4.79 Å². The lowest BCUT2D eigenvalue weighted by Crippen LogP contribution is -2.26. The van der Waals surface area contributed by atoms with E-state index < -0.39 is 0 Å². The van der Waals surface area contributed by atoms with E-state index >= 15 is 0 Å². The predicted molar refractivity (Wildman–Crippen MR) is 72.5 cm³/mol. The summed E-state index contributed by atoms with van der Waals surface area (Å²) < 4.78 is 0. The Bertz CT molecular complexity index is 338. The van der Waals surface area contributed by atoms with Gasteiger partial charge in [0.2, 0.25) is 5.91 Å². The Labute approximate surface area is 108 Å². The van der Waals surface area contributed by atoms with Crippen LogP contribution in [0.5, 0.6) is 0 Å². The number of hydrogen-bond acceptors (Lipinski definition) is 2. The first kappa shape index (κ1) is 13.8. The van der Waals surface area contributed by atoms with E-state index in [2.05, 4.69) is 17.6 Å². The smallest absolute Gasteiger partial charge is 0.221 e. The summed E-state index contributed by atoms with van der Waals surface area (Å²) in [6, 6.07) is 7.45. The van der Waals surface area contributed by atoms with Crippen LogP contribution < -0.4 is 10.6 Å². The first-order valence-electron chi connectivity index (χ1n) is 5.98. The van der Waals surface area contributed by atoms with Gasteiger partial charge >= 0.3 is 0 Å². The van der Waals surface area contributed by atoms with Gasteiger partial charge in [0, 0.05) is 30.2 Å². The highest BCUT2D eigenvalue weighted by Crippen LogP contribution is 2.12. The average Bonchev–Trinajstić information content (AvgIpc) is 2.32. The van der Waals surface area contributed by atoms with Crippen molar-refractivity contribution in [3.8, 4) is 0 Å². The van der Waals surface area contributed by atoms with Crippen LogP contribution in [0.25, 0.3) is 0 Å². The van der Waals surface area contributed by atoms with Crippen LogP contribution >= 0.6 is 11.6 Å².